The highest BCUT2D eigenvalue weighted by molar-refractivity contribution is 7.49. The van der Waals surface area contributed by atoms with Gasteiger partial charge in [-0.05, 0) is 106 Å². The molecule has 1 atom stereocenters. The molecule has 1 N–H and O–H groups in total. The summed E-state index contributed by atoms with van der Waals surface area (Å²) >= 11 is 0. The number of hydrogen-bond acceptors (Lipinski definition) is 7. The molecule has 33 heavy (non-hydrogen) atoms. The van der Waals surface area contributed by atoms with Crippen LogP contribution in [-0.4, -0.2) is 34.5 Å². The Hall–Kier alpha value is -1.40. The van der Waals surface area contributed by atoms with Crippen LogP contribution in [0.25, 0.3) is 0 Å². The Kier molecular flexibility index (Phi) is 9.79. The summed E-state index contributed by atoms with van der Waals surface area (Å²) in [6.07, 6.45) is 1.28. The van der Waals surface area contributed by atoms with Gasteiger partial charge in [0.25, 0.3) is 0 Å². The van der Waals surface area contributed by atoms with Crippen LogP contribution in [-0.2, 0) is 18.3 Å². The molecule has 0 aliphatic heterocycles. The Morgan fingerprint density at radius 2 is 1.48 bits per heavy atom. The van der Waals surface area contributed by atoms with Gasteiger partial charge in [0, 0.05) is 12.2 Å². The number of hydrogen-bond donors (Lipinski definition) is 1. The van der Waals surface area contributed by atoms with Crippen LogP contribution in [0, 0.1) is 6.92 Å². The van der Waals surface area contributed by atoms with E-state index in [1.165, 1.54) is 6.07 Å². The van der Waals surface area contributed by atoms with Crippen molar-refractivity contribution in [2.75, 3.05) is 6.61 Å². The zero-order chi connectivity index (χ0) is 25.8. The minimum atomic E-state index is -4.09. The molecular formula is C25H43O7P. The summed E-state index contributed by atoms with van der Waals surface area (Å²) in [5.74, 6) is -0.288. The minimum Gasteiger partial charge on any atom is -0.456 e. The van der Waals surface area contributed by atoms with E-state index in [2.05, 4.69) is 0 Å². The molecule has 1 unspecified atom stereocenters. The number of ether oxygens (including phenoxy) is 1. The first kappa shape index (κ1) is 29.6. The highest BCUT2D eigenvalue weighted by atomic mass is 31.2. The van der Waals surface area contributed by atoms with Gasteiger partial charge >= 0.3 is 13.8 Å². The van der Waals surface area contributed by atoms with Crippen LogP contribution in [0.1, 0.15) is 109 Å². The first-order valence-corrected chi connectivity index (χ1v) is 12.9. The fourth-order valence-electron chi connectivity index (χ4n) is 3.32. The molecule has 0 saturated heterocycles. The van der Waals surface area contributed by atoms with E-state index in [-0.39, 0.29) is 23.8 Å². The summed E-state index contributed by atoms with van der Waals surface area (Å²) in [5.41, 5.74) is -0.418. The van der Waals surface area contributed by atoms with E-state index >= 15 is 0 Å². The molecule has 0 spiro atoms. The second kappa shape index (κ2) is 10.9. The second-order valence-corrected chi connectivity index (χ2v) is 12.9. The van der Waals surface area contributed by atoms with Gasteiger partial charge < -0.3 is 14.4 Å². The predicted molar refractivity (Wildman–Crippen MR) is 131 cm³/mol. The molecule has 190 valence electrons. The van der Waals surface area contributed by atoms with Crippen molar-refractivity contribution in [3.8, 4) is 5.75 Å². The van der Waals surface area contributed by atoms with E-state index < -0.39 is 30.6 Å². The van der Waals surface area contributed by atoms with Gasteiger partial charge in [0.05, 0.1) is 16.8 Å². The van der Waals surface area contributed by atoms with Gasteiger partial charge in [0.1, 0.15) is 11.4 Å². The SMILES string of the molecule is Cc1cc(C(=O)OC(C)(C)C)cc(OP(=O)(OC(C)(C)C)OC(C)(C)C)c1C(C)CCCO. The van der Waals surface area contributed by atoms with E-state index in [1.54, 1.807) is 68.4 Å². The Balaban J connectivity index is 3.61. The summed E-state index contributed by atoms with van der Waals surface area (Å²) in [6, 6.07) is 3.28. The first-order valence-electron chi connectivity index (χ1n) is 11.5. The summed E-state index contributed by atoms with van der Waals surface area (Å²) < 4.78 is 37.0. The molecule has 0 aliphatic rings. The van der Waals surface area contributed by atoms with Crippen LogP contribution in [0.3, 0.4) is 0 Å². The lowest BCUT2D eigenvalue weighted by Crippen LogP contribution is -2.26. The molecule has 1 rings (SSSR count). The van der Waals surface area contributed by atoms with E-state index in [9.17, 15) is 14.5 Å². The van der Waals surface area contributed by atoms with Gasteiger partial charge in [-0.25, -0.2) is 9.36 Å². The predicted octanol–water partition coefficient (Wildman–Crippen LogP) is 6.94. The molecule has 0 radical (unpaired) electrons. The van der Waals surface area contributed by atoms with Crippen molar-refractivity contribution in [3.05, 3.63) is 28.8 Å². The number of rotatable bonds is 9. The van der Waals surface area contributed by atoms with Gasteiger partial charge in [-0.1, -0.05) is 6.92 Å². The molecule has 0 amide bonds. The topological polar surface area (TPSA) is 91.3 Å². The lowest BCUT2D eigenvalue weighted by atomic mass is 9.90. The lowest BCUT2D eigenvalue weighted by Gasteiger charge is -2.32. The molecule has 7 nitrogen and oxygen atoms in total. The van der Waals surface area contributed by atoms with Crippen molar-refractivity contribution in [2.24, 2.45) is 0 Å². The maximum Gasteiger partial charge on any atom is 0.531 e. The van der Waals surface area contributed by atoms with Gasteiger partial charge in [-0.3, -0.25) is 9.05 Å². The molecule has 8 heteroatoms. The third-order valence-corrected chi connectivity index (χ3v) is 6.22. The van der Waals surface area contributed by atoms with Crippen molar-refractivity contribution in [1.82, 2.24) is 0 Å². The van der Waals surface area contributed by atoms with Crippen molar-refractivity contribution in [1.29, 1.82) is 0 Å². The third kappa shape index (κ3) is 10.6. The molecule has 1 aromatic rings. The standard InChI is InChI=1S/C25H43O7P/c1-17(13-12-14-26)21-18(2)15-19(22(27)29-23(3,4)5)16-20(21)30-33(28,31-24(6,7)8)32-25(9,10)11/h15-17,26H,12-14H2,1-11H3. The van der Waals surface area contributed by atoms with Crippen molar-refractivity contribution < 1.29 is 32.8 Å². The maximum absolute atomic E-state index is 13.8. The quantitative estimate of drug-likeness (QED) is 0.298. The largest absolute Gasteiger partial charge is 0.531 e. The van der Waals surface area contributed by atoms with Crippen molar-refractivity contribution in [2.45, 2.75) is 112 Å². The van der Waals surface area contributed by atoms with Gasteiger partial charge in [-0.2, -0.15) is 0 Å². The van der Waals surface area contributed by atoms with E-state index in [0.717, 1.165) is 11.1 Å². The Morgan fingerprint density at radius 1 is 0.970 bits per heavy atom. The smallest absolute Gasteiger partial charge is 0.456 e. The number of aliphatic hydroxyl groups excluding tert-OH is 1. The highest BCUT2D eigenvalue weighted by Crippen LogP contribution is 2.56. The Morgan fingerprint density at radius 3 is 1.91 bits per heavy atom. The molecular weight excluding hydrogens is 443 g/mol. The van der Waals surface area contributed by atoms with Crippen LogP contribution < -0.4 is 4.52 Å². The lowest BCUT2D eigenvalue weighted by molar-refractivity contribution is 0.00650. The van der Waals surface area contributed by atoms with Gasteiger partial charge in [0.2, 0.25) is 0 Å². The van der Waals surface area contributed by atoms with Crippen molar-refractivity contribution >= 4 is 13.8 Å². The summed E-state index contributed by atoms with van der Waals surface area (Å²) in [4.78, 5) is 12.8. The fraction of sp³-hybridized carbons (Fsp3) is 0.720. The summed E-state index contributed by atoms with van der Waals surface area (Å²) in [7, 11) is -4.09. The van der Waals surface area contributed by atoms with Crippen LogP contribution >= 0.6 is 7.82 Å². The van der Waals surface area contributed by atoms with E-state index in [0.29, 0.717) is 12.8 Å². The number of carbonyl (C=O) groups excluding carboxylic acids is 1. The highest BCUT2D eigenvalue weighted by Gasteiger charge is 2.40. The number of esters is 1. The third-order valence-electron chi connectivity index (χ3n) is 4.25. The monoisotopic (exact) mass is 486 g/mol. The number of aryl methyl sites for hydroxylation is 1. The molecule has 0 heterocycles. The van der Waals surface area contributed by atoms with Crippen LogP contribution in [0.5, 0.6) is 5.75 Å². The number of carbonyl (C=O) groups is 1. The van der Waals surface area contributed by atoms with Crippen molar-refractivity contribution in [3.63, 3.8) is 0 Å². The number of phosphoric acid groups is 1. The minimum absolute atomic E-state index is 0.0300. The fourth-order valence-corrected chi connectivity index (χ4v) is 5.16. The molecule has 0 fully saturated rings. The Bertz CT molecular complexity index is 837. The molecule has 0 bridgehead atoms. The van der Waals surface area contributed by atoms with Crippen LogP contribution in [0.2, 0.25) is 0 Å². The first-order chi connectivity index (χ1) is 14.8. The van der Waals surface area contributed by atoms with Gasteiger partial charge in [0.15, 0.2) is 0 Å². The van der Waals surface area contributed by atoms with Crippen LogP contribution in [0.15, 0.2) is 12.1 Å². The molecule has 0 saturated carbocycles. The second-order valence-electron chi connectivity index (χ2n) is 11.4. The summed E-state index contributed by atoms with van der Waals surface area (Å²) in [5, 5.41) is 9.29. The molecule has 0 aromatic heterocycles. The normalized spacial score (nSPS) is 14.2. The van der Waals surface area contributed by atoms with Gasteiger partial charge in [-0.15, -0.1) is 0 Å². The van der Waals surface area contributed by atoms with E-state index in [1.807, 2.05) is 13.8 Å². The summed E-state index contributed by atoms with van der Waals surface area (Å²) in [6.45, 7) is 19.9. The zero-order valence-corrected chi connectivity index (χ0v) is 23.1. The Labute approximate surface area is 199 Å². The number of phosphoric ester groups is 1. The average molecular weight is 487 g/mol. The van der Waals surface area contributed by atoms with E-state index in [4.69, 9.17) is 18.3 Å². The number of aliphatic hydroxyl groups is 1. The molecule has 1 aromatic carbocycles. The maximum atomic E-state index is 13.8. The average Bonchev–Trinajstić information content (AvgIpc) is 2.53. The number of benzene rings is 1. The van der Waals surface area contributed by atoms with Crippen LogP contribution in [0.4, 0.5) is 0 Å². The zero-order valence-electron chi connectivity index (χ0n) is 22.2. The molecule has 0 aliphatic carbocycles.